The van der Waals surface area contributed by atoms with Crippen molar-refractivity contribution in [1.82, 2.24) is 28.7 Å². The van der Waals surface area contributed by atoms with Gasteiger partial charge in [0.05, 0.1) is 28.4 Å². The van der Waals surface area contributed by atoms with Crippen LogP contribution in [0.2, 0.25) is 0 Å². The molecule has 6 heterocycles. The standard InChI is InChI=1S/C46H26N6O.Pt/c1-4-12-29(13-5-1)40-28-49-45-38-26-32(20-22-34(38)36-18-10-24-47-43(36)51(40)45)53-33-21-23-35-37-19-11-25-48-44(37)52-42(31-16-8-3-9-17-31)41(30-14-6-2-7-15-30)50-46(52)39(35)27-33;/h1-25,28H;/q-2;+2. The molecule has 256 valence electrons. The van der Waals surface area contributed by atoms with Gasteiger partial charge in [-0.25, -0.2) is 9.97 Å². The largest absolute Gasteiger partial charge is 2.00 e. The Morgan fingerprint density at radius 3 is 1.59 bits per heavy atom. The average molecular weight is 874 g/mol. The molecule has 0 atom stereocenters. The molecule has 7 nitrogen and oxygen atoms in total. The molecule has 0 radical (unpaired) electrons. The molecule has 0 amide bonds. The second kappa shape index (κ2) is 12.8. The number of ether oxygens (including phenoxy) is 1. The molecule has 5 aromatic carbocycles. The second-order valence-electron chi connectivity index (χ2n) is 12.9. The van der Waals surface area contributed by atoms with Crippen molar-refractivity contribution in [3.63, 3.8) is 0 Å². The van der Waals surface area contributed by atoms with Crippen LogP contribution >= 0.6 is 0 Å². The van der Waals surface area contributed by atoms with Crippen molar-refractivity contribution in [1.29, 1.82) is 0 Å². The molecular weight excluding hydrogens is 848 g/mol. The van der Waals surface area contributed by atoms with E-state index in [2.05, 4.69) is 93.7 Å². The van der Waals surface area contributed by atoms with E-state index >= 15 is 0 Å². The first-order valence-corrected chi connectivity index (χ1v) is 17.4. The number of hydrogen-bond donors (Lipinski definition) is 0. The molecule has 0 N–H and O–H groups in total. The van der Waals surface area contributed by atoms with Crippen molar-refractivity contribution in [2.24, 2.45) is 0 Å². The maximum absolute atomic E-state index is 6.60. The molecule has 0 saturated heterocycles. The summed E-state index contributed by atoms with van der Waals surface area (Å²) in [4.78, 5) is 19.9. The van der Waals surface area contributed by atoms with Crippen LogP contribution in [0.5, 0.6) is 11.5 Å². The van der Waals surface area contributed by atoms with Crippen LogP contribution in [0.1, 0.15) is 0 Å². The van der Waals surface area contributed by atoms with Gasteiger partial charge in [0.2, 0.25) is 0 Å². The Kier molecular flexibility index (Phi) is 7.56. The molecule has 0 saturated carbocycles. The number of nitrogens with zero attached hydrogens (tertiary/aromatic N) is 6. The molecule has 54 heavy (non-hydrogen) atoms. The van der Waals surface area contributed by atoms with Crippen molar-refractivity contribution >= 4 is 54.9 Å². The fourth-order valence-corrected chi connectivity index (χ4v) is 7.57. The van der Waals surface area contributed by atoms with E-state index < -0.39 is 0 Å². The maximum atomic E-state index is 6.60. The molecule has 0 aliphatic carbocycles. The van der Waals surface area contributed by atoms with Crippen LogP contribution in [0.15, 0.2) is 158 Å². The first-order chi connectivity index (χ1) is 26.3. The van der Waals surface area contributed by atoms with Crippen molar-refractivity contribution in [3.05, 3.63) is 170 Å². The number of aromatic nitrogens is 6. The smallest absolute Gasteiger partial charge is 0.497 e. The third-order valence-corrected chi connectivity index (χ3v) is 9.89. The van der Waals surface area contributed by atoms with Crippen molar-refractivity contribution in [2.45, 2.75) is 0 Å². The van der Waals surface area contributed by atoms with E-state index in [1.54, 1.807) is 0 Å². The van der Waals surface area contributed by atoms with Gasteiger partial charge in [-0.1, -0.05) is 149 Å². The Morgan fingerprint density at radius 1 is 0.444 bits per heavy atom. The Hall–Kier alpha value is -6.69. The Balaban J connectivity index is 0.00000361. The summed E-state index contributed by atoms with van der Waals surface area (Å²) in [6, 6.07) is 54.2. The maximum Gasteiger partial charge on any atom is 2.00 e. The monoisotopic (exact) mass is 873 g/mol. The molecule has 0 spiro atoms. The van der Waals surface area contributed by atoms with E-state index in [4.69, 9.17) is 24.7 Å². The van der Waals surface area contributed by atoms with Gasteiger partial charge in [-0.3, -0.25) is 9.97 Å². The summed E-state index contributed by atoms with van der Waals surface area (Å²) in [6.45, 7) is 0. The number of imidazole rings is 2. The third kappa shape index (κ3) is 4.93. The van der Waals surface area contributed by atoms with Gasteiger partial charge >= 0.3 is 21.1 Å². The predicted octanol–water partition coefficient (Wildman–Crippen LogP) is 10.8. The number of hydrogen-bond acceptors (Lipinski definition) is 5. The van der Waals surface area contributed by atoms with Crippen LogP contribution in [0.3, 0.4) is 0 Å². The molecule has 0 fully saturated rings. The van der Waals surface area contributed by atoms with E-state index in [0.29, 0.717) is 11.5 Å². The summed E-state index contributed by atoms with van der Waals surface area (Å²) in [5.74, 6) is 1.11. The summed E-state index contributed by atoms with van der Waals surface area (Å²) in [7, 11) is 0. The summed E-state index contributed by atoms with van der Waals surface area (Å²) in [6.07, 6.45) is 5.56. The fraction of sp³-hybridized carbons (Fsp3) is 0. The summed E-state index contributed by atoms with van der Waals surface area (Å²) < 4.78 is 10.9. The molecule has 6 aromatic heterocycles. The van der Waals surface area contributed by atoms with Crippen LogP contribution in [0.4, 0.5) is 0 Å². The normalized spacial score (nSPS) is 11.6. The van der Waals surface area contributed by atoms with Crippen LogP contribution in [0.25, 0.3) is 88.7 Å². The number of rotatable bonds is 5. The zero-order valence-corrected chi connectivity index (χ0v) is 30.7. The first kappa shape index (κ1) is 32.0. The van der Waals surface area contributed by atoms with Crippen LogP contribution < -0.4 is 4.74 Å². The molecule has 0 aliphatic rings. The van der Waals surface area contributed by atoms with Crippen LogP contribution in [-0.2, 0) is 21.1 Å². The predicted molar refractivity (Wildman–Crippen MR) is 210 cm³/mol. The number of pyridine rings is 4. The molecular formula is C46H26N6OPt. The minimum atomic E-state index is 0. The molecule has 0 unspecified atom stereocenters. The molecule has 11 aromatic rings. The minimum Gasteiger partial charge on any atom is -0.497 e. The average Bonchev–Trinajstić information content (AvgIpc) is 3.86. The summed E-state index contributed by atoms with van der Waals surface area (Å²) >= 11 is 0. The molecule has 0 aliphatic heterocycles. The summed E-state index contributed by atoms with van der Waals surface area (Å²) in [5.41, 5.74) is 9.12. The van der Waals surface area contributed by atoms with E-state index in [1.165, 1.54) is 0 Å². The van der Waals surface area contributed by atoms with E-state index in [0.717, 1.165) is 88.7 Å². The fourth-order valence-electron chi connectivity index (χ4n) is 7.57. The van der Waals surface area contributed by atoms with Gasteiger partial charge in [0.15, 0.2) is 0 Å². The van der Waals surface area contributed by atoms with Gasteiger partial charge in [-0.05, 0) is 28.5 Å². The summed E-state index contributed by atoms with van der Waals surface area (Å²) in [5, 5.41) is 5.69. The minimum absolute atomic E-state index is 0. The Morgan fingerprint density at radius 2 is 0.981 bits per heavy atom. The molecule has 0 bridgehead atoms. The van der Waals surface area contributed by atoms with Gasteiger partial charge in [0, 0.05) is 41.2 Å². The van der Waals surface area contributed by atoms with Crippen LogP contribution in [-0.4, -0.2) is 28.7 Å². The number of fused-ring (bicyclic) bond motifs is 12. The first-order valence-electron chi connectivity index (χ1n) is 17.4. The van der Waals surface area contributed by atoms with Crippen molar-refractivity contribution in [3.8, 4) is 45.3 Å². The zero-order valence-electron chi connectivity index (χ0n) is 28.4. The molecule has 8 heteroatoms. The second-order valence-corrected chi connectivity index (χ2v) is 12.9. The van der Waals surface area contributed by atoms with Gasteiger partial charge in [0.1, 0.15) is 11.3 Å². The van der Waals surface area contributed by atoms with Gasteiger partial charge in [0.25, 0.3) is 0 Å². The van der Waals surface area contributed by atoms with Gasteiger partial charge in [-0.15, -0.1) is 12.1 Å². The quantitative estimate of drug-likeness (QED) is 0.127. The molecule has 11 rings (SSSR count). The van der Waals surface area contributed by atoms with E-state index in [1.807, 2.05) is 85.3 Å². The zero-order chi connectivity index (χ0) is 34.9. The Bertz CT molecular complexity index is 3200. The number of benzene rings is 5. The van der Waals surface area contributed by atoms with E-state index in [9.17, 15) is 0 Å². The topological polar surface area (TPSA) is 69.6 Å². The van der Waals surface area contributed by atoms with Gasteiger partial charge in [-0.2, -0.15) is 0 Å². The SMILES string of the molecule is [Pt+2].[c-]1c(Oc2[c-]c3c(cc2)c2cccnc2n2c(-c4ccccc4)c(-c4ccccc4)nc32)ccc2c1c1ncc(-c3ccccc3)n1c1ncccc21. The third-order valence-electron chi connectivity index (χ3n) is 9.89. The van der Waals surface area contributed by atoms with Crippen molar-refractivity contribution < 1.29 is 25.8 Å². The van der Waals surface area contributed by atoms with Crippen LogP contribution in [0, 0.1) is 12.1 Å². The van der Waals surface area contributed by atoms with E-state index in [-0.39, 0.29) is 21.1 Å². The van der Waals surface area contributed by atoms with Gasteiger partial charge < -0.3 is 13.5 Å². The Labute approximate surface area is 323 Å². The van der Waals surface area contributed by atoms with Crippen molar-refractivity contribution in [2.75, 3.05) is 0 Å².